The second kappa shape index (κ2) is 7.51. The molecule has 2 aromatic rings. The maximum atomic E-state index is 12.6. The van der Waals surface area contributed by atoms with E-state index < -0.39 is 30.3 Å². The van der Waals surface area contributed by atoms with Crippen molar-refractivity contribution in [3.63, 3.8) is 0 Å². The average Bonchev–Trinajstić information content (AvgIpc) is 2.88. The van der Waals surface area contributed by atoms with Gasteiger partial charge in [-0.1, -0.05) is 18.2 Å². The minimum atomic E-state index is -1.04. The summed E-state index contributed by atoms with van der Waals surface area (Å²) in [4.78, 5) is 50.9. The number of rotatable bonds is 5. The highest BCUT2D eigenvalue weighted by molar-refractivity contribution is 6.53. The minimum Gasteiger partial charge on any atom is -0.497 e. The molecule has 1 N–H and O–H groups in total. The molecule has 3 rings (SSSR count). The van der Waals surface area contributed by atoms with Crippen LogP contribution in [-0.4, -0.2) is 42.3 Å². The summed E-state index contributed by atoms with van der Waals surface area (Å²) in [6.07, 6.45) is 0. The molecule has 28 heavy (non-hydrogen) atoms. The van der Waals surface area contributed by atoms with Gasteiger partial charge in [0.1, 0.15) is 12.3 Å². The summed E-state index contributed by atoms with van der Waals surface area (Å²) in [5, 5.41) is 2.70. The number of amides is 5. The predicted molar refractivity (Wildman–Crippen MR) is 102 cm³/mol. The van der Waals surface area contributed by atoms with Gasteiger partial charge in [0, 0.05) is 5.69 Å². The van der Waals surface area contributed by atoms with E-state index >= 15 is 0 Å². The number of methoxy groups -OCH3 is 1. The van der Waals surface area contributed by atoms with E-state index in [0.29, 0.717) is 16.3 Å². The number of para-hydroxylation sites is 1. The van der Waals surface area contributed by atoms with Crippen LogP contribution in [0.15, 0.2) is 42.5 Å². The molecule has 0 bridgehead atoms. The fraction of sp³-hybridized carbons (Fsp3) is 0.200. The van der Waals surface area contributed by atoms with Gasteiger partial charge in [-0.2, -0.15) is 0 Å². The highest BCUT2D eigenvalue weighted by Gasteiger charge is 2.46. The Morgan fingerprint density at radius 2 is 1.57 bits per heavy atom. The molecule has 1 fully saturated rings. The number of aryl methyl sites for hydroxylation is 2. The lowest BCUT2D eigenvalue weighted by molar-refractivity contribution is -0.140. The van der Waals surface area contributed by atoms with Crippen LogP contribution in [0.1, 0.15) is 11.1 Å². The predicted octanol–water partition coefficient (Wildman–Crippen LogP) is 2.25. The van der Waals surface area contributed by atoms with Gasteiger partial charge in [-0.25, -0.2) is 14.6 Å². The molecular weight excluding hydrogens is 362 g/mol. The van der Waals surface area contributed by atoms with Crippen molar-refractivity contribution in [2.75, 3.05) is 23.9 Å². The van der Waals surface area contributed by atoms with Crippen molar-refractivity contribution in [2.45, 2.75) is 13.8 Å². The summed E-state index contributed by atoms with van der Waals surface area (Å²) in [6.45, 7) is 3.12. The summed E-state index contributed by atoms with van der Waals surface area (Å²) < 4.78 is 5.04. The summed E-state index contributed by atoms with van der Waals surface area (Å²) in [7, 11) is 1.49. The van der Waals surface area contributed by atoms with Gasteiger partial charge >= 0.3 is 17.8 Å². The van der Waals surface area contributed by atoms with E-state index in [-0.39, 0.29) is 5.69 Å². The topological polar surface area (TPSA) is 96.0 Å². The number of carbonyl (C=O) groups is 4. The Balaban J connectivity index is 1.77. The van der Waals surface area contributed by atoms with Crippen LogP contribution in [0, 0.1) is 13.8 Å². The standard InChI is InChI=1S/C20H19N3O5/c1-12-5-4-6-13(2)17(12)21-16(24)11-22-18(25)19(26)23(20(22)27)14-7-9-15(28-3)10-8-14/h4-10H,11H2,1-3H3,(H,21,24). The highest BCUT2D eigenvalue weighted by Crippen LogP contribution is 2.25. The van der Waals surface area contributed by atoms with Crippen molar-refractivity contribution in [3.05, 3.63) is 53.6 Å². The molecule has 2 aromatic carbocycles. The molecule has 0 saturated carbocycles. The third-order valence-electron chi connectivity index (χ3n) is 4.43. The fourth-order valence-electron chi connectivity index (χ4n) is 2.94. The molecule has 1 heterocycles. The zero-order valence-corrected chi connectivity index (χ0v) is 15.7. The minimum absolute atomic E-state index is 0.224. The Morgan fingerprint density at radius 1 is 0.964 bits per heavy atom. The molecule has 5 amide bonds. The first kappa shape index (κ1) is 19.1. The molecule has 1 saturated heterocycles. The molecule has 1 aliphatic rings. The van der Waals surface area contributed by atoms with Crippen molar-refractivity contribution in [2.24, 2.45) is 0 Å². The number of anilines is 2. The summed E-state index contributed by atoms with van der Waals surface area (Å²) in [5.74, 6) is -2.07. The second-order valence-corrected chi connectivity index (χ2v) is 6.33. The van der Waals surface area contributed by atoms with Crippen LogP contribution in [0.3, 0.4) is 0 Å². The number of hydrogen-bond donors (Lipinski definition) is 1. The Labute approximate surface area is 161 Å². The molecule has 8 heteroatoms. The van der Waals surface area contributed by atoms with Crippen LogP contribution in [0.25, 0.3) is 0 Å². The lowest BCUT2D eigenvalue weighted by atomic mass is 10.1. The number of hydrogen-bond acceptors (Lipinski definition) is 5. The highest BCUT2D eigenvalue weighted by atomic mass is 16.5. The van der Waals surface area contributed by atoms with Gasteiger partial charge < -0.3 is 10.1 Å². The van der Waals surface area contributed by atoms with E-state index in [0.717, 1.165) is 16.0 Å². The Morgan fingerprint density at radius 3 is 2.14 bits per heavy atom. The molecule has 1 aliphatic heterocycles. The monoisotopic (exact) mass is 381 g/mol. The lowest BCUT2D eigenvalue weighted by Crippen LogP contribution is -2.39. The molecule has 8 nitrogen and oxygen atoms in total. The van der Waals surface area contributed by atoms with E-state index in [1.165, 1.54) is 19.2 Å². The first-order chi connectivity index (χ1) is 13.3. The van der Waals surface area contributed by atoms with Gasteiger partial charge in [0.05, 0.1) is 12.8 Å². The van der Waals surface area contributed by atoms with Gasteiger partial charge in [0.25, 0.3) is 0 Å². The van der Waals surface area contributed by atoms with Crippen molar-refractivity contribution in [3.8, 4) is 5.75 Å². The van der Waals surface area contributed by atoms with Crippen molar-refractivity contribution in [1.29, 1.82) is 0 Å². The van der Waals surface area contributed by atoms with E-state index in [1.54, 1.807) is 12.1 Å². The number of imide groups is 2. The van der Waals surface area contributed by atoms with E-state index in [1.807, 2.05) is 32.0 Å². The molecule has 0 spiro atoms. The normalized spacial score (nSPS) is 13.9. The van der Waals surface area contributed by atoms with E-state index in [2.05, 4.69) is 5.32 Å². The molecule has 0 aliphatic carbocycles. The smallest absolute Gasteiger partial charge is 0.339 e. The number of nitrogens with zero attached hydrogens (tertiary/aromatic N) is 2. The SMILES string of the molecule is COc1ccc(N2C(=O)C(=O)N(CC(=O)Nc3c(C)cccc3C)C2=O)cc1. The first-order valence-corrected chi connectivity index (χ1v) is 8.53. The van der Waals surface area contributed by atoms with Crippen LogP contribution in [-0.2, 0) is 14.4 Å². The lowest BCUT2D eigenvalue weighted by Gasteiger charge is -2.16. The van der Waals surface area contributed by atoms with Crippen LogP contribution in [0.4, 0.5) is 16.2 Å². The Hall–Kier alpha value is -3.68. The van der Waals surface area contributed by atoms with Crippen molar-refractivity contribution in [1.82, 2.24) is 4.90 Å². The van der Waals surface area contributed by atoms with Crippen molar-refractivity contribution >= 4 is 35.1 Å². The van der Waals surface area contributed by atoms with Crippen molar-refractivity contribution < 1.29 is 23.9 Å². The third-order valence-corrected chi connectivity index (χ3v) is 4.43. The largest absolute Gasteiger partial charge is 0.497 e. The average molecular weight is 381 g/mol. The maximum absolute atomic E-state index is 12.6. The maximum Gasteiger partial charge on any atom is 0.339 e. The van der Waals surface area contributed by atoms with Gasteiger partial charge in [0.2, 0.25) is 5.91 Å². The van der Waals surface area contributed by atoms with Gasteiger partial charge in [-0.3, -0.25) is 14.4 Å². The summed E-state index contributed by atoms with van der Waals surface area (Å²) in [6, 6.07) is 10.8. The van der Waals surface area contributed by atoms with Gasteiger partial charge in [0.15, 0.2) is 0 Å². The molecule has 0 unspecified atom stereocenters. The van der Waals surface area contributed by atoms with Gasteiger partial charge in [-0.05, 0) is 49.2 Å². The van der Waals surface area contributed by atoms with E-state index in [9.17, 15) is 19.2 Å². The Bertz CT molecular complexity index is 948. The first-order valence-electron chi connectivity index (χ1n) is 8.53. The summed E-state index contributed by atoms with van der Waals surface area (Å²) >= 11 is 0. The molecule has 0 radical (unpaired) electrons. The summed E-state index contributed by atoms with van der Waals surface area (Å²) in [5.41, 5.74) is 2.54. The number of nitrogens with one attached hydrogen (secondary N) is 1. The molecule has 0 aromatic heterocycles. The van der Waals surface area contributed by atoms with Crippen LogP contribution < -0.4 is 15.0 Å². The molecule has 144 valence electrons. The third kappa shape index (κ3) is 3.44. The van der Waals surface area contributed by atoms with E-state index in [4.69, 9.17) is 4.74 Å². The number of urea groups is 1. The number of carbonyl (C=O) groups excluding carboxylic acids is 4. The fourth-order valence-corrected chi connectivity index (χ4v) is 2.94. The quantitative estimate of drug-likeness (QED) is 0.633. The van der Waals surface area contributed by atoms with Crippen LogP contribution in [0.5, 0.6) is 5.75 Å². The molecular formula is C20H19N3O5. The van der Waals surface area contributed by atoms with Crippen LogP contribution in [0.2, 0.25) is 0 Å². The van der Waals surface area contributed by atoms with Crippen LogP contribution >= 0.6 is 0 Å². The molecule has 0 atom stereocenters. The van der Waals surface area contributed by atoms with Gasteiger partial charge in [-0.15, -0.1) is 0 Å². The zero-order valence-electron chi connectivity index (χ0n) is 15.7. The number of ether oxygens (including phenoxy) is 1. The Kier molecular flexibility index (Phi) is 5.12. The second-order valence-electron chi connectivity index (χ2n) is 6.33. The number of benzene rings is 2. The zero-order chi connectivity index (χ0) is 20.4.